The molecule has 0 aromatic heterocycles. The van der Waals surface area contributed by atoms with Crippen molar-refractivity contribution in [1.82, 2.24) is 5.32 Å². The van der Waals surface area contributed by atoms with Gasteiger partial charge in [0.2, 0.25) is 0 Å². The number of aryl methyl sites for hydroxylation is 3. The van der Waals surface area contributed by atoms with E-state index in [9.17, 15) is 0 Å². The van der Waals surface area contributed by atoms with Gasteiger partial charge >= 0.3 is 0 Å². The topological polar surface area (TPSA) is 21.3 Å². The maximum Gasteiger partial charge on any atom is 0.0615 e. The number of nitrogens with one attached hydrogen (secondary N) is 1. The Bertz CT molecular complexity index is 337. The largest absolute Gasteiger partial charge is 0.383 e. The van der Waals surface area contributed by atoms with Crippen molar-refractivity contribution in [2.75, 3.05) is 13.7 Å². The zero-order valence-corrected chi connectivity index (χ0v) is 11.8. The molecular weight excluding hydrogens is 210 g/mol. The van der Waals surface area contributed by atoms with Crippen LogP contribution in [0.1, 0.15) is 35.6 Å². The van der Waals surface area contributed by atoms with Gasteiger partial charge in [-0.3, -0.25) is 0 Å². The molecule has 1 atom stereocenters. The van der Waals surface area contributed by atoms with Crippen molar-refractivity contribution in [1.29, 1.82) is 0 Å². The fraction of sp³-hybridized carbons (Fsp3) is 0.600. The molecule has 0 amide bonds. The molecule has 1 aromatic rings. The van der Waals surface area contributed by atoms with Crippen LogP contribution in [0.25, 0.3) is 0 Å². The van der Waals surface area contributed by atoms with Crippen molar-refractivity contribution >= 4 is 0 Å². The van der Waals surface area contributed by atoms with Crippen LogP contribution in [0.4, 0.5) is 0 Å². The second-order valence-electron chi connectivity index (χ2n) is 4.82. The second kappa shape index (κ2) is 6.77. The Morgan fingerprint density at radius 1 is 1.18 bits per heavy atom. The van der Waals surface area contributed by atoms with Crippen LogP contribution in [0.3, 0.4) is 0 Å². The Morgan fingerprint density at radius 3 is 2.24 bits per heavy atom. The van der Waals surface area contributed by atoms with Crippen molar-refractivity contribution in [2.45, 2.75) is 46.7 Å². The molecule has 0 fully saturated rings. The minimum absolute atomic E-state index is 0.445. The Hall–Kier alpha value is -0.860. The molecule has 17 heavy (non-hydrogen) atoms. The van der Waals surface area contributed by atoms with Crippen LogP contribution < -0.4 is 5.32 Å². The van der Waals surface area contributed by atoms with Crippen molar-refractivity contribution in [2.24, 2.45) is 0 Å². The standard InChI is InChI=1S/C15H25NO/c1-6-14(10-17-5)16-9-15-12(3)7-11(2)8-13(15)4/h7-8,14,16H,6,9-10H2,1-5H3. The third-order valence-corrected chi connectivity index (χ3v) is 3.27. The predicted octanol–water partition coefficient (Wildman–Crippen LogP) is 3.13. The van der Waals surface area contributed by atoms with E-state index in [4.69, 9.17) is 4.74 Å². The van der Waals surface area contributed by atoms with Gasteiger partial charge in [0.25, 0.3) is 0 Å². The van der Waals surface area contributed by atoms with Gasteiger partial charge in [0, 0.05) is 19.7 Å². The first-order valence-corrected chi connectivity index (χ1v) is 6.37. The van der Waals surface area contributed by atoms with E-state index in [1.807, 2.05) is 0 Å². The number of methoxy groups -OCH3 is 1. The van der Waals surface area contributed by atoms with E-state index in [1.165, 1.54) is 22.3 Å². The molecular formula is C15H25NO. The molecule has 2 heteroatoms. The summed E-state index contributed by atoms with van der Waals surface area (Å²) in [6, 6.07) is 4.95. The first kappa shape index (κ1) is 14.2. The van der Waals surface area contributed by atoms with Gasteiger partial charge in [-0.2, -0.15) is 0 Å². The van der Waals surface area contributed by atoms with Gasteiger partial charge < -0.3 is 10.1 Å². The predicted molar refractivity (Wildman–Crippen MR) is 73.4 cm³/mol. The number of hydrogen-bond acceptors (Lipinski definition) is 2. The van der Waals surface area contributed by atoms with Gasteiger partial charge in [-0.15, -0.1) is 0 Å². The third-order valence-electron chi connectivity index (χ3n) is 3.27. The summed E-state index contributed by atoms with van der Waals surface area (Å²) in [6.07, 6.45) is 1.10. The minimum atomic E-state index is 0.445. The number of hydrogen-bond donors (Lipinski definition) is 1. The molecule has 2 nitrogen and oxygen atoms in total. The van der Waals surface area contributed by atoms with Gasteiger partial charge in [-0.25, -0.2) is 0 Å². The molecule has 1 unspecified atom stereocenters. The van der Waals surface area contributed by atoms with Crippen LogP contribution in [0.15, 0.2) is 12.1 Å². The number of benzene rings is 1. The Kier molecular flexibility index (Phi) is 5.66. The molecule has 0 radical (unpaired) electrons. The van der Waals surface area contributed by atoms with E-state index in [0.717, 1.165) is 19.6 Å². The van der Waals surface area contributed by atoms with Crippen LogP contribution in [0.2, 0.25) is 0 Å². The van der Waals surface area contributed by atoms with Crippen LogP contribution in [-0.2, 0) is 11.3 Å². The highest BCUT2D eigenvalue weighted by molar-refractivity contribution is 5.37. The molecule has 0 saturated heterocycles. The first-order valence-electron chi connectivity index (χ1n) is 6.37. The summed E-state index contributed by atoms with van der Waals surface area (Å²) in [7, 11) is 1.76. The maximum atomic E-state index is 5.20. The smallest absolute Gasteiger partial charge is 0.0615 e. The summed E-state index contributed by atoms with van der Waals surface area (Å²) >= 11 is 0. The van der Waals surface area contributed by atoms with Crippen LogP contribution in [0.5, 0.6) is 0 Å². The molecule has 0 aliphatic rings. The van der Waals surface area contributed by atoms with Gasteiger partial charge in [-0.1, -0.05) is 24.6 Å². The molecule has 0 bridgehead atoms. The summed E-state index contributed by atoms with van der Waals surface area (Å²) in [5.74, 6) is 0. The fourth-order valence-electron chi connectivity index (χ4n) is 2.26. The minimum Gasteiger partial charge on any atom is -0.383 e. The molecule has 0 aliphatic heterocycles. The number of ether oxygens (including phenoxy) is 1. The molecule has 0 spiro atoms. The molecule has 96 valence electrons. The lowest BCUT2D eigenvalue weighted by atomic mass is 9.99. The molecule has 0 saturated carbocycles. The Morgan fingerprint density at radius 2 is 1.76 bits per heavy atom. The van der Waals surface area contributed by atoms with Crippen molar-refractivity contribution in [3.05, 3.63) is 34.4 Å². The monoisotopic (exact) mass is 235 g/mol. The highest BCUT2D eigenvalue weighted by Gasteiger charge is 2.08. The number of rotatable bonds is 6. The van der Waals surface area contributed by atoms with E-state index < -0.39 is 0 Å². The van der Waals surface area contributed by atoms with Crippen LogP contribution in [-0.4, -0.2) is 19.8 Å². The molecule has 1 aromatic carbocycles. The quantitative estimate of drug-likeness (QED) is 0.818. The highest BCUT2D eigenvalue weighted by atomic mass is 16.5. The van der Waals surface area contributed by atoms with Gasteiger partial charge in [0.1, 0.15) is 0 Å². The second-order valence-corrected chi connectivity index (χ2v) is 4.82. The lowest BCUT2D eigenvalue weighted by Crippen LogP contribution is -2.32. The fourth-order valence-corrected chi connectivity index (χ4v) is 2.26. The van der Waals surface area contributed by atoms with E-state index >= 15 is 0 Å². The average molecular weight is 235 g/mol. The van der Waals surface area contributed by atoms with E-state index in [1.54, 1.807) is 7.11 Å². The van der Waals surface area contributed by atoms with E-state index in [-0.39, 0.29) is 0 Å². The summed E-state index contributed by atoms with van der Waals surface area (Å²) in [5, 5.41) is 3.56. The van der Waals surface area contributed by atoms with E-state index in [0.29, 0.717) is 6.04 Å². The summed E-state index contributed by atoms with van der Waals surface area (Å²) < 4.78 is 5.20. The van der Waals surface area contributed by atoms with E-state index in [2.05, 4.69) is 45.1 Å². The normalized spacial score (nSPS) is 12.8. The SMILES string of the molecule is CCC(COC)NCc1c(C)cc(C)cc1C. The zero-order chi connectivity index (χ0) is 12.8. The molecule has 0 heterocycles. The lowest BCUT2D eigenvalue weighted by Gasteiger charge is -2.18. The Labute approximate surface area is 105 Å². The van der Waals surface area contributed by atoms with Gasteiger partial charge in [0.05, 0.1) is 6.61 Å². The van der Waals surface area contributed by atoms with Gasteiger partial charge in [-0.05, 0) is 43.9 Å². The molecule has 1 N–H and O–H groups in total. The zero-order valence-electron chi connectivity index (χ0n) is 11.8. The van der Waals surface area contributed by atoms with Crippen molar-refractivity contribution < 1.29 is 4.74 Å². The first-order chi connectivity index (χ1) is 8.08. The highest BCUT2D eigenvalue weighted by Crippen LogP contribution is 2.16. The van der Waals surface area contributed by atoms with Gasteiger partial charge in [0.15, 0.2) is 0 Å². The third kappa shape index (κ3) is 4.14. The molecule has 1 rings (SSSR count). The van der Waals surface area contributed by atoms with Crippen LogP contribution in [0, 0.1) is 20.8 Å². The van der Waals surface area contributed by atoms with Crippen molar-refractivity contribution in [3.63, 3.8) is 0 Å². The molecule has 0 aliphatic carbocycles. The summed E-state index contributed by atoms with van der Waals surface area (Å²) in [4.78, 5) is 0. The lowest BCUT2D eigenvalue weighted by molar-refractivity contribution is 0.163. The summed E-state index contributed by atoms with van der Waals surface area (Å²) in [5.41, 5.74) is 5.52. The average Bonchev–Trinajstić information content (AvgIpc) is 2.26. The Balaban J connectivity index is 2.68. The summed E-state index contributed by atoms with van der Waals surface area (Å²) in [6.45, 7) is 10.4. The maximum absolute atomic E-state index is 5.20. The van der Waals surface area contributed by atoms with Crippen molar-refractivity contribution in [3.8, 4) is 0 Å². The van der Waals surface area contributed by atoms with Crippen LogP contribution >= 0.6 is 0 Å².